The lowest BCUT2D eigenvalue weighted by molar-refractivity contribution is 0.432. The fourth-order valence-corrected chi connectivity index (χ4v) is 3.91. The Hall–Kier alpha value is -2.21. The third kappa shape index (κ3) is 2.12. The predicted molar refractivity (Wildman–Crippen MR) is 81.9 cm³/mol. The number of fused-ring (bicyclic) bond motifs is 1. The summed E-state index contributed by atoms with van der Waals surface area (Å²) in [6, 6.07) is 3.76. The van der Waals surface area contributed by atoms with Gasteiger partial charge in [-0.1, -0.05) is 5.16 Å². The minimum Gasteiger partial charge on any atom is -0.390 e. The first-order chi connectivity index (χ1) is 10.3. The molecule has 0 unspecified atom stereocenters. The van der Waals surface area contributed by atoms with Crippen molar-refractivity contribution in [3.63, 3.8) is 0 Å². The zero-order valence-electron chi connectivity index (χ0n) is 11.4. The van der Waals surface area contributed by atoms with Crippen molar-refractivity contribution in [3.05, 3.63) is 35.0 Å². The van der Waals surface area contributed by atoms with Gasteiger partial charge in [0.25, 0.3) is 5.89 Å². The standard InChI is InChI=1S/C15H14N4OS/c16-13-12(10-5-1-2-6-11(10)21-13)15-18-14(19-20-15)9-4-3-7-17-8-9/h3-4,7-8H,1-2,5-6,16H2. The number of pyridine rings is 1. The number of nitrogens with zero attached hydrogens (tertiary/aromatic N) is 3. The van der Waals surface area contributed by atoms with Crippen molar-refractivity contribution in [1.29, 1.82) is 0 Å². The van der Waals surface area contributed by atoms with Gasteiger partial charge in [-0.15, -0.1) is 11.3 Å². The van der Waals surface area contributed by atoms with Crippen molar-refractivity contribution in [2.45, 2.75) is 25.7 Å². The zero-order valence-corrected chi connectivity index (χ0v) is 12.2. The van der Waals surface area contributed by atoms with Crippen molar-refractivity contribution in [3.8, 4) is 22.8 Å². The Labute approximate surface area is 125 Å². The summed E-state index contributed by atoms with van der Waals surface area (Å²) in [5.74, 6) is 1.07. The summed E-state index contributed by atoms with van der Waals surface area (Å²) >= 11 is 1.65. The summed E-state index contributed by atoms with van der Waals surface area (Å²) in [5, 5.41) is 4.84. The third-order valence-corrected chi connectivity index (χ3v) is 4.88. The monoisotopic (exact) mass is 298 g/mol. The average Bonchev–Trinajstić information content (AvgIpc) is 3.11. The van der Waals surface area contributed by atoms with E-state index in [1.54, 1.807) is 23.7 Å². The molecule has 0 aromatic carbocycles. The number of aromatic nitrogens is 3. The largest absolute Gasteiger partial charge is 0.390 e. The molecule has 0 amide bonds. The number of hydrogen-bond donors (Lipinski definition) is 1. The number of hydrogen-bond acceptors (Lipinski definition) is 6. The highest BCUT2D eigenvalue weighted by Gasteiger charge is 2.24. The molecule has 0 fully saturated rings. The second kappa shape index (κ2) is 4.96. The lowest BCUT2D eigenvalue weighted by atomic mass is 9.95. The topological polar surface area (TPSA) is 77.8 Å². The van der Waals surface area contributed by atoms with Crippen molar-refractivity contribution < 1.29 is 4.52 Å². The second-order valence-electron chi connectivity index (χ2n) is 5.11. The zero-order chi connectivity index (χ0) is 14.2. The first-order valence-corrected chi connectivity index (χ1v) is 7.79. The van der Waals surface area contributed by atoms with E-state index in [-0.39, 0.29) is 0 Å². The number of nitrogen functional groups attached to an aromatic ring is 1. The van der Waals surface area contributed by atoms with Crippen LogP contribution >= 0.6 is 11.3 Å². The van der Waals surface area contributed by atoms with Crippen LogP contribution in [-0.4, -0.2) is 15.1 Å². The molecular weight excluding hydrogens is 284 g/mol. The molecule has 0 radical (unpaired) electrons. The van der Waals surface area contributed by atoms with Gasteiger partial charge in [0.2, 0.25) is 5.82 Å². The highest BCUT2D eigenvalue weighted by Crippen LogP contribution is 2.42. The molecule has 6 heteroatoms. The van der Waals surface area contributed by atoms with Crippen molar-refractivity contribution >= 4 is 16.3 Å². The molecular formula is C15H14N4OS. The van der Waals surface area contributed by atoms with Crippen LogP contribution in [0.15, 0.2) is 29.0 Å². The van der Waals surface area contributed by atoms with Gasteiger partial charge >= 0.3 is 0 Å². The summed E-state index contributed by atoms with van der Waals surface area (Å²) in [6.07, 6.45) is 8.02. The second-order valence-corrected chi connectivity index (χ2v) is 6.25. The van der Waals surface area contributed by atoms with Crippen LogP contribution < -0.4 is 5.73 Å². The summed E-state index contributed by atoms with van der Waals surface area (Å²) in [6.45, 7) is 0. The summed E-state index contributed by atoms with van der Waals surface area (Å²) in [5.41, 5.74) is 9.26. The Balaban J connectivity index is 1.78. The molecule has 2 N–H and O–H groups in total. The molecule has 0 bridgehead atoms. The van der Waals surface area contributed by atoms with E-state index in [2.05, 4.69) is 15.1 Å². The van der Waals surface area contributed by atoms with Crippen LogP contribution in [0.4, 0.5) is 5.00 Å². The highest BCUT2D eigenvalue weighted by atomic mass is 32.1. The lowest BCUT2D eigenvalue weighted by Gasteiger charge is -2.10. The van der Waals surface area contributed by atoms with E-state index in [0.717, 1.165) is 29.0 Å². The number of nitrogens with two attached hydrogens (primary N) is 1. The molecule has 0 aliphatic heterocycles. The van der Waals surface area contributed by atoms with Crippen LogP contribution in [0.2, 0.25) is 0 Å². The van der Waals surface area contributed by atoms with Crippen LogP contribution in [-0.2, 0) is 12.8 Å². The number of thiophene rings is 1. The van der Waals surface area contributed by atoms with E-state index in [4.69, 9.17) is 10.3 Å². The van der Waals surface area contributed by atoms with E-state index in [1.807, 2.05) is 12.1 Å². The third-order valence-electron chi connectivity index (χ3n) is 3.76. The molecule has 5 nitrogen and oxygen atoms in total. The Kier molecular flexibility index (Phi) is 2.96. The number of anilines is 1. The van der Waals surface area contributed by atoms with Gasteiger partial charge in [0, 0.05) is 22.8 Å². The summed E-state index contributed by atoms with van der Waals surface area (Å²) in [7, 11) is 0. The highest BCUT2D eigenvalue weighted by molar-refractivity contribution is 7.16. The first kappa shape index (κ1) is 12.5. The summed E-state index contributed by atoms with van der Waals surface area (Å²) in [4.78, 5) is 9.95. The van der Waals surface area contributed by atoms with Gasteiger partial charge in [0.15, 0.2) is 0 Å². The smallest absolute Gasteiger partial charge is 0.261 e. The molecule has 1 aliphatic rings. The molecule has 3 heterocycles. The molecule has 0 saturated carbocycles. The van der Waals surface area contributed by atoms with Crippen molar-refractivity contribution in [2.24, 2.45) is 0 Å². The minimum absolute atomic E-state index is 0.519. The molecule has 21 heavy (non-hydrogen) atoms. The molecule has 106 valence electrons. The van der Waals surface area contributed by atoms with Crippen LogP contribution in [0.3, 0.4) is 0 Å². The first-order valence-electron chi connectivity index (χ1n) is 6.97. The predicted octanol–water partition coefficient (Wildman–Crippen LogP) is 3.32. The Morgan fingerprint density at radius 3 is 3.00 bits per heavy atom. The van der Waals surface area contributed by atoms with E-state index in [0.29, 0.717) is 11.7 Å². The van der Waals surface area contributed by atoms with Gasteiger partial charge in [-0.05, 0) is 43.4 Å². The minimum atomic E-state index is 0.519. The van der Waals surface area contributed by atoms with Gasteiger partial charge in [-0.25, -0.2) is 0 Å². The van der Waals surface area contributed by atoms with Gasteiger partial charge in [0.05, 0.1) is 10.6 Å². The Bertz CT molecular complexity index is 778. The molecule has 3 aromatic rings. The average molecular weight is 298 g/mol. The molecule has 0 spiro atoms. The van der Waals surface area contributed by atoms with Crippen LogP contribution in [0.1, 0.15) is 23.3 Å². The summed E-state index contributed by atoms with van der Waals surface area (Å²) < 4.78 is 5.45. The maximum absolute atomic E-state index is 6.18. The van der Waals surface area contributed by atoms with Crippen molar-refractivity contribution in [2.75, 3.05) is 5.73 Å². The lowest BCUT2D eigenvalue weighted by Crippen LogP contribution is -1.99. The van der Waals surface area contributed by atoms with E-state index < -0.39 is 0 Å². The molecule has 4 rings (SSSR count). The normalized spacial score (nSPS) is 14.1. The van der Waals surface area contributed by atoms with Gasteiger partial charge < -0.3 is 10.3 Å². The molecule has 0 saturated heterocycles. The van der Waals surface area contributed by atoms with E-state index in [1.165, 1.54) is 23.3 Å². The molecule has 3 aromatic heterocycles. The van der Waals surface area contributed by atoms with Crippen LogP contribution in [0.25, 0.3) is 22.8 Å². The fourth-order valence-electron chi connectivity index (χ4n) is 2.76. The molecule has 1 aliphatic carbocycles. The van der Waals surface area contributed by atoms with Gasteiger partial charge in [0.1, 0.15) is 0 Å². The van der Waals surface area contributed by atoms with Gasteiger partial charge in [-0.2, -0.15) is 4.98 Å². The number of aryl methyl sites for hydroxylation is 1. The SMILES string of the molecule is Nc1sc2c(c1-c1nc(-c3cccnc3)no1)CCCC2. The fraction of sp³-hybridized carbons (Fsp3) is 0.267. The van der Waals surface area contributed by atoms with Crippen LogP contribution in [0.5, 0.6) is 0 Å². The molecule has 0 atom stereocenters. The van der Waals surface area contributed by atoms with Gasteiger partial charge in [-0.3, -0.25) is 4.98 Å². The Morgan fingerprint density at radius 2 is 2.14 bits per heavy atom. The Morgan fingerprint density at radius 1 is 1.24 bits per heavy atom. The quantitative estimate of drug-likeness (QED) is 0.785. The maximum Gasteiger partial charge on any atom is 0.261 e. The van der Waals surface area contributed by atoms with Crippen molar-refractivity contribution in [1.82, 2.24) is 15.1 Å². The van der Waals surface area contributed by atoms with E-state index >= 15 is 0 Å². The van der Waals surface area contributed by atoms with Crippen LogP contribution in [0, 0.1) is 0 Å². The van der Waals surface area contributed by atoms with E-state index in [9.17, 15) is 0 Å². The number of rotatable bonds is 2. The maximum atomic E-state index is 6.18.